The first kappa shape index (κ1) is 12.3. The van der Waals surface area contributed by atoms with Crippen LogP contribution in [0, 0.1) is 13.8 Å². The van der Waals surface area contributed by atoms with E-state index in [1.165, 1.54) is 0 Å². The van der Waals surface area contributed by atoms with Crippen LogP contribution in [0.4, 0.5) is 6.01 Å². The molecular weight excluding hydrogens is 232 g/mol. The molecule has 0 aliphatic carbocycles. The van der Waals surface area contributed by atoms with Crippen LogP contribution < -0.4 is 11.1 Å². The summed E-state index contributed by atoms with van der Waals surface area (Å²) in [7, 11) is 0. The van der Waals surface area contributed by atoms with Gasteiger partial charge in [-0.15, -0.1) is 5.10 Å². The van der Waals surface area contributed by atoms with Crippen LogP contribution in [-0.4, -0.2) is 16.1 Å². The standard InChI is InChI=1S/C12H14N4O2/c1-7-3-5-9(6-4-7)10(13)11(17)14-12-16-15-8(2)18-12/h3-6,10H,13H2,1-2H3,(H,14,16,17). The van der Waals surface area contributed by atoms with E-state index in [1.54, 1.807) is 6.92 Å². The van der Waals surface area contributed by atoms with E-state index in [2.05, 4.69) is 15.5 Å². The molecular formula is C12H14N4O2. The Balaban J connectivity index is 2.07. The van der Waals surface area contributed by atoms with Crippen molar-refractivity contribution < 1.29 is 9.21 Å². The molecule has 0 radical (unpaired) electrons. The molecule has 0 aliphatic rings. The Morgan fingerprint density at radius 2 is 1.94 bits per heavy atom. The van der Waals surface area contributed by atoms with Crippen LogP contribution in [0.15, 0.2) is 28.7 Å². The SMILES string of the molecule is Cc1ccc(C(N)C(=O)Nc2nnc(C)o2)cc1. The maximum Gasteiger partial charge on any atom is 0.322 e. The second-order valence-electron chi connectivity index (χ2n) is 4.00. The van der Waals surface area contributed by atoms with E-state index >= 15 is 0 Å². The molecule has 0 spiro atoms. The Morgan fingerprint density at radius 3 is 2.50 bits per heavy atom. The summed E-state index contributed by atoms with van der Waals surface area (Å²) in [6.07, 6.45) is 0. The molecule has 1 atom stereocenters. The van der Waals surface area contributed by atoms with E-state index < -0.39 is 6.04 Å². The molecule has 94 valence electrons. The summed E-state index contributed by atoms with van der Waals surface area (Å²) in [6.45, 7) is 3.61. The van der Waals surface area contributed by atoms with Crippen molar-refractivity contribution in [3.8, 4) is 0 Å². The summed E-state index contributed by atoms with van der Waals surface area (Å²) in [4.78, 5) is 11.8. The fourth-order valence-corrected chi connectivity index (χ4v) is 1.46. The minimum absolute atomic E-state index is 0.0556. The van der Waals surface area contributed by atoms with Gasteiger partial charge in [0.1, 0.15) is 6.04 Å². The van der Waals surface area contributed by atoms with Gasteiger partial charge in [0.05, 0.1) is 0 Å². The van der Waals surface area contributed by atoms with Gasteiger partial charge in [-0.1, -0.05) is 34.9 Å². The minimum Gasteiger partial charge on any atom is -0.408 e. The minimum atomic E-state index is -0.766. The predicted molar refractivity (Wildman–Crippen MR) is 65.8 cm³/mol. The highest BCUT2D eigenvalue weighted by atomic mass is 16.4. The first-order valence-electron chi connectivity index (χ1n) is 5.49. The van der Waals surface area contributed by atoms with Crippen molar-refractivity contribution in [3.63, 3.8) is 0 Å². The molecule has 1 amide bonds. The molecule has 3 N–H and O–H groups in total. The quantitative estimate of drug-likeness (QED) is 0.851. The van der Waals surface area contributed by atoms with Gasteiger partial charge in [0.15, 0.2) is 0 Å². The molecule has 6 heteroatoms. The Hall–Kier alpha value is -2.21. The average molecular weight is 246 g/mol. The number of carbonyl (C=O) groups is 1. The summed E-state index contributed by atoms with van der Waals surface area (Å²) >= 11 is 0. The molecule has 0 saturated carbocycles. The van der Waals surface area contributed by atoms with Crippen molar-refractivity contribution in [2.24, 2.45) is 5.73 Å². The smallest absolute Gasteiger partial charge is 0.322 e. The molecule has 1 aromatic carbocycles. The zero-order valence-electron chi connectivity index (χ0n) is 10.2. The average Bonchev–Trinajstić information content (AvgIpc) is 2.75. The molecule has 0 fully saturated rings. The summed E-state index contributed by atoms with van der Waals surface area (Å²) in [6, 6.07) is 6.73. The molecule has 2 aromatic rings. The maximum atomic E-state index is 11.8. The molecule has 18 heavy (non-hydrogen) atoms. The number of aromatic nitrogens is 2. The van der Waals surface area contributed by atoms with Crippen LogP contribution in [0.25, 0.3) is 0 Å². The summed E-state index contributed by atoms with van der Waals surface area (Å²) in [5.74, 6) is -0.00305. The van der Waals surface area contributed by atoms with Gasteiger partial charge in [-0.05, 0) is 12.5 Å². The lowest BCUT2D eigenvalue weighted by Crippen LogP contribution is -2.27. The highest BCUT2D eigenvalue weighted by molar-refractivity contribution is 5.93. The summed E-state index contributed by atoms with van der Waals surface area (Å²) < 4.78 is 5.05. The highest BCUT2D eigenvalue weighted by Gasteiger charge is 2.17. The van der Waals surface area contributed by atoms with E-state index in [9.17, 15) is 4.79 Å². The first-order valence-corrected chi connectivity index (χ1v) is 5.49. The monoisotopic (exact) mass is 246 g/mol. The van der Waals surface area contributed by atoms with Crippen molar-refractivity contribution in [2.75, 3.05) is 5.32 Å². The van der Waals surface area contributed by atoms with Crippen molar-refractivity contribution in [2.45, 2.75) is 19.9 Å². The van der Waals surface area contributed by atoms with Gasteiger partial charge in [-0.2, -0.15) is 0 Å². The number of nitrogens with two attached hydrogens (primary N) is 1. The summed E-state index contributed by atoms with van der Waals surface area (Å²) in [5.41, 5.74) is 7.68. The number of aryl methyl sites for hydroxylation is 2. The zero-order valence-corrected chi connectivity index (χ0v) is 10.2. The van der Waals surface area contributed by atoms with E-state index in [4.69, 9.17) is 10.2 Å². The van der Waals surface area contributed by atoms with Crippen molar-refractivity contribution in [3.05, 3.63) is 41.3 Å². The highest BCUT2D eigenvalue weighted by Crippen LogP contribution is 2.14. The number of rotatable bonds is 3. The van der Waals surface area contributed by atoms with Gasteiger partial charge >= 0.3 is 6.01 Å². The molecule has 6 nitrogen and oxygen atoms in total. The number of hydrogen-bond acceptors (Lipinski definition) is 5. The van der Waals surface area contributed by atoms with E-state index in [0.717, 1.165) is 11.1 Å². The fourth-order valence-electron chi connectivity index (χ4n) is 1.46. The normalized spacial score (nSPS) is 12.2. The third-order valence-electron chi connectivity index (χ3n) is 2.48. The van der Waals surface area contributed by atoms with Crippen molar-refractivity contribution >= 4 is 11.9 Å². The number of benzene rings is 1. The van der Waals surface area contributed by atoms with Gasteiger partial charge in [0.2, 0.25) is 11.8 Å². The molecule has 0 saturated heterocycles. The second kappa shape index (κ2) is 4.97. The lowest BCUT2D eigenvalue weighted by Gasteiger charge is -2.10. The molecule has 0 aliphatic heterocycles. The number of anilines is 1. The molecule has 2 rings (SSSR count). The van der Waals surface area contributed by atoms with Crippen LogP contribution in [0.2, 0.25) is 0 Å². The van der Waals surface area contributed by atoms with Crippen molar-refractivity contribution in [1.82, 2.24) is 10.2 Å². The molecule has 0 bridgehead atoms. The third kappa shape index (κ3) is 2.72. The zero-order chi connectivity index (χ0) is 13.1. The largest absolute Gasteiger partial charge is 0.408 e. The van der Waals surface area contributed by atoms with E-state index in [1.807, 2.05) is 31.2 Å². The van der Waals surface area contributed by atoms with Crippen molar-refractivity contribution in [1.29, 1.82) is 0 Å². The molecule has 1 heterocycles. The number of amides is 1. The second-order valence-corrected chi connectivity index (χ2v) is 4.00. The van der Waals surface area contributed by atoms with Gasteiger partial charge < -0.3 is 10.2 Å². The number of nitrogens with one attached hydrogen (secondary N) is 1. The van der Waals surface area contributed by atoms with Gasteiger partial charge in [0.25, 0.3) is 0 Å². The molecule has 1 unspecified atom stereocenters. The van der Waals surface area contributed by atoms with E-state index in [-0.39, 0.29) is 11.9 Å². The number of hydrogen-bond donors (Lipinski definition) is 2. The van der Waals surface area contributed by atoms with Crippen LogP contribution in [-0.2, 0) is 4.79 Å². The number of carbonyl (C=O) groups excluding carboxylic acids is 1. The van der Waals surface area contributed by atoms with Crippen LogP contribution in [0.5, 0.6) is 0 Å². The topological polar surface area (TPSA) is 94.0 Å². The van der Waals surface area contributed by atoms with Gasteiger partial charge in [-0.3, -0.25) is 10.1 Å². The maximum absolute atomic E-state index is 11.8. The fraction of sp³-hybridized carbons (Fsp3) is 0.250. The van der Waals surface area contributed by atoms with Crippen LogP contribution in [0.3, 0.4) is 0 Å². The third-order valence-corrected chi connectivity index (χ3v) is 2.48. The Bertz CT molecular complexity index is 547. The van der Waals surface area contributed by atoms with E-state index in [0.29, 0.717) is 5.89 Å². The number of nitrogens with zero attached hydrogens (tertiary/aromatic N) is 2. The van der Waals surface area contributed by atoms with Gasteiger partial charge in [0, 0.05) is 6.92 Å². The molecule has 1 aromatic heterocycles. The first-order chi connectivity index (χ1) is 8.56. The lowest BCUT2D eigenvalue weighted by atomic mass is 10.1. The predicted octanol–water partition coefficient (Wildman–Crippen LogP) is 1.32. The Kier molecular flexibility index (Phi) is 3.38. The Labute approximate surface area is 104 Å². The lowest BCUT2D eigenvalue weighted by molar-refractivity contribution is -0.117. The summed E-state index contributed by atoms with van der Waals surface area (Å²) in [5, 5.41) is 9.75. The van der Waals surface area contributed by atoms with Crippen LogP contribution >= 0.6 is 0 Å². The van der Waals surface area contributed by atoms with Crippen LogP contribution in [0.1, 0.15) is 23.1 Å². The van der Waals surface area contributed by atoms with Gasteiger partial charge in [-0.25, -0.2) is 0 Å². The Morgan fingerprint density at radius 1 is 1.28 bits per heavy atom.